The van der Waals surface area contributed by atoms with E-state index in [1.807, 2.05) is 6.92 Å². The fraction of sp³-hybridized carbons (Fsp3) is 1.00. The first-order valence-electron chi connectivity index (χ1n) is 7.88. The van der Waals surface area contributed by atoms with Crippen molar-refractivity contribution in [3.63, 3.8) is 0 Å². The summed E-state index contributed by atoms with van der Waals surface area (Å²) in [5.41, 5.74) is 0. The average Bonchev–Trinajstić information content (AvgIpc) is 2.32. The second-order valence-corrected chi connectivity index (χ2v) is 7.21. The van der Waals surface area contributed by atoms with Gasteiger partial charge in [-0.25, -0.2) is 4.21 Å². The Morgan fingerprint density at radius 2 is 1.42 bits per heavy atom. The second-order valence-electron chi connectivity index (χ2n) is 6.12. The molecule has 0 aromatic carbocycles. The largest absolute Gasteiger partial charge is 0.314 e. The maximum absolute atomic E-state index is 11.3. The molecule has 0 aromatic rings. The predicted molar refractivity (Wildman–Crippen MR) is 84.4 cm³/mol. The molecular formula is C15H34NO2S+. The number of rotatable bonds is 12. The van der Waals surface area contributed by atoms with Crippen LogP contribution in [0.15, 0.2) is 0 Å². The maximum Gasteiger partial charge on any atom is 0.213 e. The Morgan fingerprint density at radius 3 is 1.84 bits per heavy atom. The van der Waals surface area contributed by atoms with Crippen LogP contribution in [0.25, 0.3) is 0 Å². The first kappa shape index (κ1) is 19.1. The smallest absolute Gasteiger partial charge is 0.213 e. The zero-order valence-corrected chi connectivity index (χ0v) is 14.2. The summed E-state index contributed by atoms with van der Waals surface area (Å²) >= 11 is -1.71. The normalized spacial score (nSPS) is 15.4. The van der Waals surface area contributed by atoms with Crippen molar-refractivity contribution in [3.8, 4) is 0 Å². The molecule has 0 bridgehead atoms. The lowest BCUT2D eigenvalue weighted by atomic mass is 10.1. The van der Waals surface area contributed by atoms with E-state index in [0.717, 1.165) is 19.4 Å². The van der Waals surface area contributed by atoms with E-state index in [9.17, 15) is 8.76 Å². The quantitative estimate of drug-likeness (QED) is 0.333. The summed E-state index contributed by atoms with van der Waals surface area (Å²) in [5.74, 6) is 0. The van der Waals surface area contributed by atoms with Crippen LogP contribution in [0.3, 0.4) is 0 Å². The van der Waals surface area contributed by atoms with Crippen molar-refractivity contribution in [2.75, 3.05) is 20.6 Å². The molecule has 2 atom stereocenters. The van der Waals surface area contributed by atoms with Crippen LogP contribution in [0, 0.1) is 0 Å². The van der Waals surface area contributed by atoms with Crippen molar-refractivity contribution in [2.24, 2.45) is 0 Å². The molecule has 0 aromatic heterocycles. The number of nitrogens with zero attached hydrogens (tertiary/aromatic N) is 1. The summed E-state index contributed by atoms with van der Waals surface area (Å²) in [7, 11) is 4.15. The van der Waals surface area contributed by atoms with E-state index >= 15 is 0 Å². The van der Waals surface area contributed by atoms with Crippen LogP contribution in [0.5, 0.6) is 0 Å². The van der Waals surface area contributed by atoms with Gasteiger partial charge in [0.15, 0.2) is 5.37 Å². The minimum atomic E-state index is -1.71. The third kappa shape index (κ3) is 8.77. The highest BCUT2D eigenvalue weighted by molar-refractivity contribution is 7.79. The monoisotopic (exact) mass is 292 g/mol. The van der Waals surface area contributed by atoms with Crippen LogP contribution in [-0.4, -0.2) is 39.3 Å². The van der Waals surface area contributed by atoms with E-state index in [1.165, 1.54) is 44.9 Å². The Kier molecular flexibility index (Phi) is 10.8. The lowest BCUT2D eigenvalue weighted by Crippen LogP contribution is -2.51. The molecule has 0 radical (unpaired) electrons. The Morgan fingerprint density at radius 1 is 0.947 bits per heavy atom. The minimum absolute atomic E-state index is 0.149. The molecule has 0 rings (SSSR count). The first-order valence-corrected chi connectivity index (χ1v) is 9.05. The van der Waals surface area contributed by atoms with E-state index in [1.54, 1.807) is 0 Å². The van der Waals surface area contributed by atoms with Gasteiger partial charge in [0, 0.05) is 6.42 Å². The van der Waals surface area contributed by atoms with Crippen molar-refractivity contribution < 1.29 is 13.2 Å². The molecule has 0 saturated carbocycles. The first-order chi connectivity index (χ1) is 8.95. The highest BCUT2D eigenvalue weighted by Gasteiger charge is 2.30. The van der Waals surface area contributed by atoms with Crippen LogP contribution >= 0.6 is 0 Å². The van der Waals surface area contributed by atoms with Gasteiger partial charge in [-0.15, -0.1) is 0 Å². The number of quaternary nitrogens is 1. The highest BCUT2D eigenvalue weighted by atomic mass is 32.2. The van der Waals surface area contributed by atoms with Gasteiger partial charge >= 0.3 is 0 Å². The standard InChI is InChI=1S/C15H33NO2S/c1-5-7-8-9-10-11-12-13-14-16(3,4)15(6-2)19(17)18/h15H,5-14H2,1-4H3/p+1. The van der Waals surface area contributed by atoms with Crippen molar-refractivity contribution in [1.82, 2.24) is 0 Å². The average molecular weight is 293 g/mol. The van der Waals surface area contributed by atoms with Crippen molar-refractivity contribution in [1.29, 1.82) is 0 Å². The molecule has 19 heavy (non-hydrogen) atoms. The second kappa shape index (κ2) is 10.8. The van der Waals surface area contributed by atoms with Crippen LogP contribution < -0.4 is 0 Å². The fourth-order valence-corrected chi connectivity index (χ4v) is 3.56. The number of hydrogen-bond donors (Lipinski definition) is 1. The Balaban J connectivity index is 3.71. The third-order valence-corrected chi connectivity index (χ3v) is 5.32. The van der Waals surface area contributed by atoms with Gasteiger partial charge < -0.3 is 9.04 Å². The van der Waals surface area contributed by atoms with Gasteiger partial charge in [0.05, 0.1) is 20.6 Å². The van der Waals surface area contributed by atoms with Crippen LogP contribution in [0.1, 0.15) is 71.6 Å². The van der Waals surface area contributed by atoms with Gasteiger partial charge in [0.2, 0.25) is 11.1 Å². The van der Waals surface area contributed by atoms with E-state index in [0.29, 0.717) is 4.48 Å². The fourth-order valence-electron chi connectivity index (χ4n) is 2.68. The summed E-state index contributed by atoms with van der Waals surface area (Å²) in [5, 5.41) is -0.149. The van der Waals surface area contributed by atoms with Gasteiger partial charge in [-0.05, 0) is 12.8 Å². The molecule has 0 saturated heterocycles. The van der Waals surface area contributed by atoms with Crippen LogP contribution in [0.2, 0.25) is 0 Å². The summed E-state index contributed by atoms with van der Waals surface area (Å²) in [6.45, 7) is 5.24. The molecule has 0 aliphatic rings. The molecule has 0 amide bonds. The number of hydrogen-bond acceptors (Lipinski definition) is 1. The Hall–Kier alpha value is 0.0700. The van der Waals surface area contributed by atoms with E-state index in [4.69, 9.17) is 0 Å². The van der Waals surface area contributed by atoms with Gasteiger partial charge in [0.1, 0.15) is 0 Å². The van der Waals surface area contributed by atoms with E-state index in [2.05, 4.69) is 21.0 Å². The molecule has 1 N–H and O–H groups in total. The van der Waals surface area contributed by atoms with Crippen LogP contribution in [-0.2, 0) is 11.1 Å². The lowest BCUT2D eigenvalue weighted by molar-refractivity contribution is -0.901. The van der Waals surface area contributed by atoms with E-state index in [-0.39, 0.29) is 5.37 Å². The molecule has 4 heteroatoms. The minimum Gasteiger partial charge on any atom is -0.314 e. The molecule has 0 spiro atoms. The zero-order valence-electron chi connectivity index (χ0n) is 13.4. The molecule has 3 nitrogen and oxygen atoms in total. The molecule has 0 aliphatic heterocycles. The molecular weight excluding hydrogens is 258 g/mol. The van der Waals surface area contributed by atoms with Gasteiger partial charge in [-0.1, -0.05) is 52.4 Å². The molecule has 0 heterocycles. The molecule has 116 valence electrons. The molecule has 2 unspecified atom stereocenters. The van der Waals surface area contributed by atoms with Crippen molar-refractivity contribution in [3.05, 3.63) is 0 Å². The zero-order chi connectivity index (χ0) is 14.7. The van der Waals surface area contributed by atoms with Gasteiger partial charge in [-0.3, -0.25) is 0 Å². The van der Waals surface area contributed by atoms with Gasteiger partial charge in [-0.2, -0.15) is 0 Å². The molecule has 0 aliphatic carbocycles. The SMILES string of the molecule is CCCCCCCCCC[N+](C)(C)C(CC)S(=O)O. The van der Waals surface area contributed by atoms with Crippen molar-refractivity contribution in [2.45, 2.75) is 77.0 Å². The van der Waals surface area contributed by atoms with E-state index < -0.39 is 11.1 Å². The van der Waals surface area contributed by atoms with Crippen molar-refractivity contribution >= 4 is 11.1 Å². The predicted octanol–water partition coefficient (Wildman–Crippen LogP) is 4.16. The lowest BCUT2D eigenvalue weighted by Gasteiger charge is -2.35. The van der Waals surface area contributed by atoms with Crippen LogP contribution in [0.4, 0.5) is 0 Å². The Labute approximate surface area is 122 Å². The maximum atomic E-state index is 11.3. The summed E-state index contributed by atoms with van der Waals surface area (Å²) in [4.78, 5) is 0. The third-order valence-electron chi connectivity index (χ3n) is 3.95. The summed E-state index contributed by atoms with van der Waals surface area (Å²) < 4.78 is 21.3. The highest BCUT2D eigenvalue weighted by Crippen LogP contribution is 2.16. The number of unbranched alkanes of at least 4 members (excludes halogenated alkanes) is 7. The topological polar surface area (TPSA) is 37.3 Å². The van der Waals surface area contributed by atoms with Gasteiger partial charge in [0.25, 0.3) is 0 Å². The summed E-state index contributed by atoms with van der Waals surface area (Å²) in [6.07, 6.45) is 11.2. The summed E-state index contributed by atoms with van der Waals surface area (Å²) in [6, 6.07) is 0. The Bertz CT molecular complexity index is 244. The molecule has 0 fully saturated rings.